The van der Waals surface area contributed by atoms with Gasteiger partial charge in [0.15, 0.2) is 5.13 Å². The fraction of sp³-hybridized carbons (Fsp3) is 0.231. The lowest BCUT2D eigenvalue weighted by Gasteiger charge is -2.31. The highest BCUT2D eigenvalue weighted by molar-refractivity contribution is 7.22. The minimum Gasteiger partial charge on any atom is -0.457 e. The second kappa shape index (κ2) is 8.92. The number of rotatable bonds is 6. The third-order valence-corrected chi connectivity index (χ3v) is 6.81. The van der Waals surface area contributed by atoms with Crippen molar-refractivity contribution in [1.82, 2.24) is 9.88 Å². The highest BCUT2D eigenvalue weighted by Gasteiger charge is 2.36. The molecule has 0 fully saturated rings. The molecule has 7 heteroatoms. The molecule has 0 bridgehead atoms. The van der Waals surface area contributed by atoms with Crippen molar-refractivity contribution >= 4 is 32.6 Å². The average molecular weight is 462 g/mol. The van der Waals surface area contributed by atoms with Crippen molar-refractivity contribution in [2.45, 2.75) is 12.3 Å². The molecule has 0 spiro atoms. The van der Waals surface area contributed by atoms with Gasteiger partial charge >= 0.3 is 0 Å². The molecule has 168 valence electrons. The number of thiazole rings is 1. The van der Waals surface area contributed by atoms with Crippen LogP contribution in [0.5, 0.6) is 11.5 Å². The number of halogens is 1. The second-order valence-corrected chi connectivity index (χ2v) is 9.35. The molecule has 1 aromatic heterocycles. The molecule has 4 aromatic rings. The summed E-state index contributed by atoms with van der Waals surface area (Å²) in [6.07, 6.45) is 0.768. The molecule has 2 heterocycles. The van der Waals surface area contributed by atoms with Crippen LogP contribution in [0.3, 0.4) is 0 Å². The molecule has 0 saturated carbocycles. The van der Waals surface area contributed by atoms with E-state index in [0.29, 0.717) is 28.7 Å². The molecule has 0 radical (unpaired) electrons. The summed E-state index contributed by atoms with van der Waals surface area (Å²) in [5.74, 6) is 0.368. The Morgan fingerprint density at radius 1 is 0.970 bits per heavy atom. The normalized spacial score (nSPS) is 13.0. The van der Waals surface area contributed by atoms with E-state index in [4.69, 9.17) is 4.74 Å². The van der Waals surface area contributed by atoms with Crippen LogP contribution in [0.2, 0.25) is 0 Å². The van der Waals surface area contributed by atoms with Crippen LogP contribution in [0.25, 0.3) is 10.2 Å². The van der Waals surface area contributed by atoms with Crippen molar-refractivity contribution in [3.05, 3.63) is 83.7 Å². The minimum atomic E-state index is -0.526. The Labute approximate surface area is 196 Å². The van der Waals surface area contributed by atoms with Crippen LogP contribution in [0.4, 0.5) is 9.52 Å². The summed E-state index contributed by atoms with van der Waals surface area (Å²) in [5.41, 5.74) is 1.95. The lowest BCUT2D eigenvalue weighted by molar-refractivity contribution is -0.119. The number of anilines is 1. The lowest BCUT2D eigenvalue weighted by atomic mass is 9.87. The Bertz CT molecular complexity index is 1270. The maximum absolute atomic E-state index is 14.4. The van der Waals surface area contributed by atoms with Crippen LogP contribution >= 0.6 is 11.3 Å². The third-order valence-electron chi connectivity index (χ3n) is 5.77. The first-order chi connectivity index (χ1) is 16.0. The van der Waals surface area contributed by atoms with Crippen LogP contribution in [0.1, 0.15) is 23.5 Å². The largest absolute Gasteiger partial charge is 0.457 e. The first kappa shape index (κ1) is 21.6. The molecule has 1 aliphatic rings. The first-order valence-electron chi connectivity index (χ1n) is 10.9. The Morgan fingerprint density at radius 3 is 2.27 bits per heavy atom. The number of fused-ring (bicyclic) bond motifs is 3. The first-order valence-corrected chi connectivity index (χ1v) is 11.7. The zero-order valence-electron chi connectivity index (χ0n) is 18.5. The van der Waals surface area contributed by atoms with E-state index < -0.39 is 5.92 Å². The second-order valence-electron chi connectivity index (χ2n) is 8.34. The predicted octanol–water partition coefficient (Wildman–Crippen LogP) is 5.66. The Morgan fingerprint density at radius 2 is 1.64 bits per heavy atom. The molecule has 33 heavy (non-hydrogen) atoms. The predicted molar refractivity (Wildman–Crippen MR) is 130 cm³/mol. The van der Waals surface area contributed by atoms with E-state index in [-0.39, 0.29) is 11.7 Å². The van der Waals surface area contributed by atoms with Crippen molar-refractivity contribution in [3.8, 4) is 11.5 Å². The molecule has 1 aliphatic heterocycles. The summed E-state index contributed by atoms with van der Waals surface area (Å²) in [5, 5.41) is 0.514. The maximum Gasteiger partial charge on any atom is 0.241 e. The quantitative estimate of drug-likeness (QED) is 0.372. The van der Waals surface area contributed by atoms with E-state index in [1.807, 2.05) is 68.7 Å². The van der Waals surface area contributed by atoms with Crippen molar-refractivity contribution in [2.75, 3.05) is 32.1 Å². The molecule has 0 N–H and O–H groups in total. The van der Waals surface area contributed by atoms with Gasteiger partial charge < -0.3 is 9.64 Å². The number of para-hydroxylation sites is 3. The number of carbonyl (C=O) groups is 1. The summed E-state index contributed by atoms with van der Waals surface area (Å²) < 4.78 is 21.2. The van der Waals surface area contributed by atoms with Crippen LogP contribution in [0, 0.1) is 5.82 Å². The number of ether oxygens (including phenoxy) is 1. The number of hydrogen-bond acceptors (Lipinski definition) is 5. The van der Waals surface area contributed by atoms with Crippen molar-refractivity contribution < 1.29 is 13.9 Å². The maximum atomic E-state index is 14.4. The molecule has 3 aromatic carbocycles. The molecule has 0 aliphatic carbocycles. The van der Waals surface area contributed by atoms with Crippen LogP contribution in [-0.4, -0.2) is 43.0 Å². The van der Waals surface area contributed by atoms with Crippen LogP contribution in [0.15, 0.2) is 66.7 Å². The topological polar surface area (TPSA) is 45.7 Å². The average Bonchev–Trinajstić information content (AvgIpc) is 3.25. The van der Waals surface area contributed by atoms with Crippen LogP contribution in [-0.2, 0) is 4.79 Å². The number of carbonyl (C=O) groups excluding carboxylic acids is 1. The number of nitrogens with zero attached hydrogens (tertiary/aromatic N) is 3. The van der Waals surface area contributed by atoms with E-state index >= 15 is 0 Å². The smallest absolute Gasteiger partial charge is 0.241 e. The Balaban J connectivity index is 1.59. The van der Waals surface area contributed by atoms with Crippen molar-refractivity contribution in [2.24, 2.45) is 0 Å². The van der Waals surface area contributed by atoms with Gasteiger partial charge in [0.1, 0.15) is 22.8 Å². The summed E-state index contributed by atoms with van der Waals surface area (Å²) in [4.78, 5) is 22.5. The fourth-order valence-electron chi connectivity index (χ4n) is 4.20. The van der Waals surface area contributed by atoms with Crippen LogP contribution < -0.4 is 9.64 Å². The van der Waals surface area contributed by atoms with Gasteiger partial charge in [0.2, 0.25) is 5.91 Å². The van der Waals surface area contributed by atoms with Gasteiger partial charge in [-0.05, 0) is 51.3 Å². The zero-order valence-corrected chi connectivity index (χ0v) is 19.3. The molecule has 0 saturated heterocycles. The molecule has 1 amide bonds. The number of amides is 1. The summed E-state index contributed by atoms with van der Waals surface area (Å²) in [6.45, 7) is 1.31. The SMILES string of the molecule is CN(C)CCCN(C(=O)C1c2ccccc2Oc2ccccc21)c1nc2c(F)cccc2s1. The van der Waals surface area contributed by atoms with Gasteiger partial charge in [-0.25, -0.2) is 9.37 Å². The Kier molecular flexibility index (Phi) is 5.83. The van der Waals surface area contributed by atoms with E-state index in [0.717, 1.165) is 28.8 Å². The number of hydrogen-bond donors (Lipinski definition) is 0. The summed E-state index contributed by atoms with van der Waals surface area (Å²) in [7, 11) is 4.01. The summed E-state index contributed by atoms with van der Waals surface area (Å²) in [6, 6.07) is 20.2. The zero-order chi connectivity index (χ0) is 22.9. The summed E-state index contributed by atoms with van der Waals surface area (Å²) >= 11 is 1.34. The number of benzene rings is 3. The van der Waals surface area contributed by atoms with Gasteiger partial charge in [-0.2, -0.15) is 0 Å². The molecular formula is C26H24FN3O2S. The monoisotopic (exact) mass is 461 g/mol. The van der Waals surface area contributed by atoms with E-state index in [1.54, 1.807) is 11.0 Å². The van der Waals surface area contributed by atoms with Gasteiger partial charge in [-0.15, -0.1) is 0 Å². The standard InChI is InChI=1S/C26H24FN3O2S/c1-29(2)15-8-16-30(26-28-24-19(27)11-7-14-22(24)33-26)25(31)23-17-9-3-5-12-20(17)32-21-13-6-4-10-18(21)23/h3-7,9-14,23H,8,15-16H2,1-2H3. The van der Waals surface area contributed by atoms with Crippen molar-refractivity contribution in [3.63, 3.8) is 0 Å². The van der Waals surface area contributed by atoms with Gasteiger partial charge in [0.25, 0.3) is 0 Å². The highest BCUT2D eigenvalue weighted by atomic mass is 32.1. The van der Waals surface area contributed by atoms with Gasteiger partial charge in [0.05, 0.1) is 10.6 Å². The van der Waals surface area contributed by atoms with E-state index in [9.17, 15) is 9.18 Å². The minimum absolute atomic E-state index is 0.0866. The Hall–Kier alpha value is -3.29. The lowest BCUT2D eigenvalue weighted by Crippen LogP contribution is -2.38. The van der Waals surface area contributed by atoms with E-state index in [1.165, 1.54) is 17.4 Å². The van der Waals surface area contributed by atoms with Gasteiger partial charge in [-0.3, -0.25) is 9.69 Å². The fourth-order valence-corrected chi connectivity index (χ4v) is 5.21. The van der Waals surface area contributed by atoms with E-state index in [2.05, 4.69) is 9.88 Å². The molecule has 0 atom stereocenters. The van der Waals surface area contributed by atoms with Crippen molar-refractivity contribution in [1.29, 1.82) is 0 Å². The molecular weight excluding hydrogens is 437 g/mol. The van der Waals surface area contributed by atoms with Gasteiger partial charge in [-0.1, -0.05) is 53.8 Å². The molecule has 5 rings (SSSR count). The third kappa shape index (κ3) is 4.10. The van der Waals surface area contributed by atoms with Gasteiger partial charge in [0, 0.05) is 17.7 Å². The molecule has 5 nitrogen and oxygen atoms in total. The number of aromatic nitrogens is 1. The molecule has 0 unspecified atom stereocenters. The highest BCUT2D eigenvalue weighted by Crippen LogP contribution is 2.45.